The smallest absolute Gasteiger partial charge is 0.420 e. The third-order valence-corrected chi connectivity index (χ3v) is 5.87. The second kappa shape index (κ2) is 9.63. The molecule has 3 aromatic rings. The molecule has 2 aromatic carbocycles. The number of hydrogen-bond acceptors (Lipinski definition) is 5. The molecule has 0 bridgehead atoms. The van der Waals surface area contributed by atoms with E-state index in [4.69, 9.17) is 0 Å². The normalized spacial score (nSPS) is 14.1. The lowest BCUT2D eigenvalue weighted by atomic mass is 10.0. The molecule has 0 spiro atoms. The molecule has 1 unspecified atom stereocenters. The zero-order valence-electron chi connectivity index (χ0n) is 19.5. The number of aromatic nitrogens is 2. The number of anilines is 1. The van der Waals surface area contributed by atoms with Crippen LogP contribution in [0.15, 0.2) is 42.6 Å². The quantitative estimate of drug-likeness (QED) is 0.421. The second-order valence-corrected chi connectivity index (χ2v) is 8.70. The van der Waals surface area contributed by atoms with E-state index in [9.17, 15) is 28.2 Å². The topological polar surface area (TPSA) is 90.6 Å². The van der Waals surface area contributed by atoms with Crippen molar-refractivity contribution in [2.45, 2.75) is 45.5 Å². The summed E-state index contributed by atoms with van der Waals surface area (Å²) in [7, 11) is 0. The maximum absolute atomic E-state index is 13.9. The number of nitrogens with one attached hydrogen (secondary N) is 1. The highest BCUT2D eigenvalue weighted by Crippen LogP contribution is 2.34. The van der Waals surface area contributed by atoms with Crippen molar-refractivity contribution in [1.29, 1.82) is 0 Å². The van der Waals surface area contributed by atoms with E-state index in [0.29, 0.717) is 28.8 Å². The van der Waals surface area contributed by atoms with E-state index in [1.54, 1.807) is 50.8 Å². The number of aryl methyl sites for hydroxylation is 1. The van der Waals surface area contributed by atoms with Crippen LogP contribution in [0.1, 0.15) is 36.7 Å². The molecule has 0 fully saturated rings. The Bertz CT molecular complexity index is 1180. The molecule has 0 saturated heterocycles. The molecular formula is C24H29F3N4O3. The lowest BCUT2D eigenvalue weighted by Gasteiger charge is -2.37. The third kappa shape index (κ3) is 5.18. The molecule has 0 saturated carbocycles. The van der Waals surface area contributed by atoms with Gasteiger partial charge in [-0.1, -0.05) is 13.0 Å². The second-order valence-electron chi connectivity index (χ2n) is 8.70. The van der Waals surface area contributed by atoms with Crippen LogP contribution in [0, 0.1) is 6.92 Å². The first-order valence-electron chi connectivity index (χ1n) is 11.0. The minimum Gasteiger partial charge on any atom is -0.478 e. The predicted octanol–water partition coefficient (Wildman–Crippen LogP) is 4.47. The van der Waals surface area contributed by atoms with Crippen LogP contribution in [-0.2, 0) is 0 Å². The van der Waals surface area contributed by atoms with Gasteiger partial charge in [-0.3, -0.25) is 4.90 Å². The van der Waals surface area contributed by atoms with Gasteiger partial charge in [0, 0.05) is 23.7 Å². The highest BCUT2D eigenvalue weighted by Gasteiger charge is 2.54. The summed E-state index contributed by atoms with van der Waals surface area (Å²) in [6.45, 7) is 6.18. The lowest BCUT2D eigenvalue weighted by molar-refractivity contribution is -0.260. The van der Waals surface area contributed by atoms with Gasteiger partial charge >= 0.3 is 12.1 Å². The number of carboxylic acids is 1. The fraction of sp³-hybridized carbons (Fsp3) is 0.417. The summed E-state index contributed by atoms with van der Waals surface area (Å²) in [4.78, 5) is 12.9. The van der Waals surface area contributed by atoms with Gasteiger partial charge in [-0.25, -0.2) is 9.48 Å². The van der Waals surface area contributed by atoms with Gasteiger partial charge in [0.2, 0.25) is 0 Å². The average Bonchev–Trinajstić information content (AvgIpc) is 3.18. The number of benzene rings is 2. The van der Waals surface area contributed by atoms with Gasteiger partial charge in [-0.2, -0.15) is 18.3 Å². The maximum Gasteiger partial charge on any atom is 0.420 e. The van der Waals surface area contributed by atoms with Gasteiger partial charge in [-0.05, 0) is 63.2 Å². The van der Waals surface area contributed by atoms with Crippen molar-refractivity contribution < 1.29 is 28.2 Å². The van der Waals surface area contributed by atoms with E-state index < -0.39 is 30.8 Å². The van der Waals surface area contributed by atoms with Gasteiger partial charge in [-0.15, -0.1) is 0 Å². The van der Waals surface area contributed by atoms with E-state index in [2.05, 4.69) is 10.4 Å². The van der Waals surface area contributed by atoms with Crippen molar-refractivity contribution in [3.05, 3.63) is 53.7 Å². The van der Waals surface area contributed by atoms with Crippen LogP contribution in [0.5, 0.6) is 0 Å². The number of hydrogen-bond donors (Lipinski definition) is 3. The molecule has 1 atom stereocenters. The van der Waals surface area contributed by atoms with Crippen LogP contribution in [0.4, 0.5) is 18.9 Å². The molecule has 0 aliphatic rings. The summed E-state index contributed by atoms with van der Waals surface area (Å²) < 4.78 is 43.3. The Labute approximate surface area is 195 Å². The summed E-state index contributed by atoms with van der Waals surface area (Å²) in [5, 5.41) is 27.6. The number of likely N-dealkylation sites (N-methyl/N-ethyl adjacent to an activating group) is 1. The van der Waals surface area contributed by atoms with Crippen molar-refractivity contribution in [2.24, 2.45) is 0 Å². The molecule has 0 amide bonds. The van der Waals surface area contributed by atoms with Gasteiger partial charge in [0.15, 0.2) is 5.60 Å². The molecular weight excluding hydrogens is 449 g/mol. The zero-order chi connectivity index (χ0) is 25.3. The first-order chi connectivity index (χ1) is 15.9. The van der Waals surface area contributed by atoms with E-state index in [1.807, 2.05) is 6.07 Å². The van der Waals surface area contributed by atoms with E-state index >= 15 is 0 Å². The monoisotopic (exact) mass is 478 g/mol. The van der Waals surface area contributed by atoms with Gasteiger partial charge < -0.3 is 15.5 Å². The summed E-state index contributed by atoms with van der Waals surface area (Å²) >= 11 is 0. The Morgan fingerprint density at radius 1 is 1.24 bits per heavy atom. The first kappa shape index (κ1) is 25.5. The van der Waals surface area contributed by atoms with Crippen LogP contribution < -0.4 is 5.32 Å². The number of carboxylic acid groups (broad SMARTS) is 1. The number of rotatable bonds is 9. The number of aromatic carboxylic acids is 1. The number of aliphatic hydroxyl groups is 1. The van der Waals surface area contributed by atoms with Crippen molar-refractivity contribution in [1.82, 2.24) is 14.7 Å². The van der Waals surface area contributed by atoms with Gasteiger partial charge in [0.05, 0.1) is 29.5 Å². The molecule has 0 aliphatic carbocycles. The predicted molar refractivity (Wildman–Crippen MR) is 125 cm³/mol. The van der Waals surface area contributed by atoms with Crippen LogP contribution in [-0.4, -0.2) is 68.3 Å². The molecule has 34 heavy (non-hydrogen) atoms. The fourth-order valence-corrected chi connectivity index (χ4v) is 3.87. The summed E-state index contributed by atoms with van der Waals surface area (Å²) in [6.07, 6.45) is -3.34. The van der Waals surface area contributed by atoms with Crippen LogP contribution in [0.3, 0.4) is 0 Å². The standard InChI is InChI=1S/C24H29F3N4O3/c1-5-30(15(2)3)14-23(34,24(25,26)27)13-28-20-9-16(4)10-21-19(20)12-29-31(21)18-8-6-7-17(11-18)22(32)33/h6-12,15,28,34H,5,13-14H2,1-4H3,(H,32,33). The highest BCUT2D eigenvalue weighted by atomic mass is 19.4. The number of alkyl halides is 3. The Balaban J connectivity index is 1.97. The largest absolute Gasteiger partial charge is 0.478 e. The van der Waals surface area contributed by atoms with Gasteiger partial charge in [0.25, 0.3) is 0 Å². The summed E-state index contributed by atoms with van der Waals surface area (Å²) in [6, 6.07) is 9.57. The van der Waals surface area contributed by atoms with E-state index in [0.717, 1.165) is 5.56 Å². The number of halogens is 3. The third-order valence-electron chi connectivity index (χ3n) is 5.87. The highest BCUT2D eigenvalue weighted by molar-refractivity contribution is 5.93. The van der Waals surface area contributed by atoms with Gasteiger partial charge in [0.1, 0.15) is 0 Å². The average molecular weight is 479 g/mol. The maximum atomic E-state index is 13.9. The molecule has 3 rings (SSSR count). The summed E-state index contributed by atoms with van der Waals surface area (Å²) in [5.74, 6) is -1.08. The molecule has 0 aliphatic heterocycles. The number of nitrogens with zero attached hydrogens (tertiary/aromatic N) is 3. The Kier molecular flexibility index (Phi) is 7.23. The lowest BCUT2D eigenvalue weighted by Crippen LogP contribution is -2.58. The molecule has 184 valence electrons. The molecule has 10 heteroatoms. The number of fused-ring (bicyclic) bond motifs is 1. The van der Waals surface area contributed by atoms with Crippen molar-refractivity contribution in [2.75, 3.05) is 25.0 Å². The fourth-order valence-electron chi connectivity index (χ4n) is 3.87. The molecule has 0 radical (unpaired) electrons. The van der Waals surface area contributed by atoms with Crippen LogP contribution >= 0.6 is 0 Å². The Hall–Kier alpha value is -3.11. The van der Waals surface area contributed by atoms with Crippen molar-refractivity contribution >= 4 is 22.6 Å². The molecule has 3 N–H and O–H groups in total. The van der Waals surface area contributed by atoms with Crippen molar-refractivity contribution in [3.63, 3.8) is 0 Å². The molecule has 1 heterocycles. The summed E-state index contributed by atoms with van der Waals surface area (Å²) in [5.41, 5.74) is -0.612. The van der Waals surface area contributed by atoms with E-state index in [-0.39, 0.29) is 11.6 Å². The Morgan fingerprint density at radius 3 is 2.53 bits per heavy atom. The van der Waals surface area contributed by atoms with Crippen LogP contribution in [0.2, 0.25) is 0 Å². The molecule has 7 nitrogen and oxygen atoms in total. The minimum absolute atomic E-state index is 0.0908. The van der Waals surface area contributed by atoms with E-state index in [1.165, 1.54) is 23.0 Å². The molecule has 1 aromatic heterocycles. The zero-order valence-corrected chi connectivity index (χ0v) is 19.5. The van der Waals surface area contributed by atoms with Crippen molar-refractivity contribution in [3.8, 4) is 5.69 Å². The SMILES string of the molecule is CCN(CC(O)(CNc1cc(C)cc2c1cnn2-c1cccc(C(=O)O)c1)C(F)(F)F)C(C)C. The Morgan fingerprint density at radius 2 is 1.94 bits per heavy atom. The minimum atomic E-state index is -4.84. The van der Waals surface area contributed by atoms with Crippen LogP contribution in [0.25, 0.3) is 16.6 Å². The number of carbonyl (C=O) groups is 1. The first-order valence-corrected chi connectivity index (χ1v) is 11.0.